The van der Waals surface area contributed by atoms with Gasteiger partial charge in [0.25, 0.3) is 0 Å². The first kappa shape index (κ1) is 11.9. The summed E-state index contributed by atoms with van der Waals surface area (Å²) in [6, 6.07) is 5.92. The second kappa shape index (κ2) is 5.61. The molecule has 0 heterocycles. The third-order valence-electron chi connectivity index (χ3n) is 2.47. The lowest BCUT2D eigenvalue weighted by atomic mass is 10.1. The smallest absolute Gasteiger partial charge is 0.0550 e. The number of anilines is 2. The van der Waals surface area contributed by atoms with Crippen molar-refractivity contribution in [2.24, 2.45) is 0 Å². The van der Waals surface area contributed by atoms with E-state index in [0.29, 0.717) is 11.4 Å². The minimum Gasteiger partial charge on any atom is -0.397 e. The molecule has 0 bridgehead atoms. The van der Waals surface area contributed by atoms with Crippen LogP contribution in [0.5, 0.6) is 0 Å². The molecule has 0 aliphatic carbocycles. The molecule has 0 fully saturated rings. The Balaban J connectivity index is 2.35. The van der Waals surface area contributed by atoms with Gasteiger partial charge in [-0.25, -0.2) is 0 Å². The molecule has 0 unspecified atom stereocenters. The molecule has 1 aromatic carbocycles. The Morgan fingerprint density at radius 3 is 2.40 bits per heavy atom. The van der Waals surface area contributed by atoms with Crippen LogP contribution in [-0.4, -0.2) is 25.5 Å². The summed E-state index contributed by atoms with van der Waals surface area (Å²) in [6.07, 6.45) is 3.50. The number of rotatable bonds is 5. The van der Waals surface area contributed by atoms with E-state index < -0.39 is 0 Å². The highest BCUT2D eigenvalue weighted by Gasteiger charge is 1.98. The predicted molar refractivity (Wildman–Crippen MR) is 66.8 cm³/mol. The predicted octanol–water partition coefficient (Wildman–Crippen LogP) is 1.74. The van der Waals surface area contributed by atoms with Gasteiger partial charge in [-0.15, -0.1) is 0 Å². The van der Waals surface area contributed by atoms with Gasteiger partial charge in [0, 0.05) is 0 Å². The van der Waals surface area contributed by atoms with E-state index in [4.69, 9.17) is 11.5 Å². The van der Waals surface area contributed by atoms with Crippen LogP contribution >= 0.6 is 0 Å². The van der Waals surface area contributed by atoms with Crippen molar-refractivity contribution in [3.63, 3.8) is 0 Å². The Kier molecular flexibility index (Phi) is 4.43. The lowest BCUT2D eigenvalue weighted by Crippen LogP contribution is -2.12. The van der Waals surface area contributed by atoms with Crippen LogP contribution < -0.4 is 11.5 Å². The molecule has 3 heteroatoms. The third-order valence-corrected chi connectivity index (χ3v) is 2.47. The maximum absolute atomic E-state index is 5.74. The topological polar surface area (TPSA) is 55.3 Å². The van der Waals surface area contributed by atoms with Gasteiger partial charge in [-0.05, 0) is 57.6 Å². The number of hydrogen-bond acceptors (Lipinski definition) is 3. The highest BCUT2D eigenvalue weighted by Crippen LogP contribution is 2.17. The van der Waals surface area contributed by atoms with Gasteiger partial charge < -0.3 is 16.4 Å². The SMILES string of the molecule is CN(C)CCCCc1ccc(N)c(N)c1. The van der Waals surface area contributed by atoms with E-state index >= 15 is 0 Å². The molecule has 0 amide bonds. The van der Waals surface area contributed by atoms with E-state index in [1.165, 1.54) is 18.4 Å². The summed E-state index contributed by atoms with van der Waals surface area (Å²) >= 11 is 0. The normalized spacial score (nSPS) is 10.9. The van der Waals surface area contributed by atoms with Crippen LogP contribution in [0.1, 0.15) is 18.4 Å². The second-order valence-electron chi connectivity index (χ2n) is 4.22. The summed E-state index contributed by atoms with van der Waals surface area (Å²) in [5.74, 6) is 0. The summed E-state index contributed by atoms with van der Waals surface area (Å²) in [7, 11) is 4.20. The number of aryl methyl sites for hydroxylation is 1. The maximum atomic E-state index is 5.74. The van der Waals surface area contributed by atoms with Crippen LogP contribution in [0.25, 0.3) is 0 Å². The molecular weight excluding hydrogens is 186 g/mol. The van der Waals surface area contributed by atoms with Crippen molar-refractivity contribution in [2.45, 2.75) is 19.3 Å². The lowest BCUT2D eigenvalue weighted by molar-refractivity contribution is 0.394. The Bertz CT molecular complexity index is 308. The fourth-order valence-corrected chi connectivity index (χ4v) is 1.54. The molecule has 0 saturated carbocycles. The van der Waals surface area contributed by atoms with Gasteiger partial charge in [0.05, 0.1) is 11.4 Å². The highest BCUT2D eigenvalue weighted by molar-refractivity contribution is 5.63. The average Bonchev–Trinajstić information content (AvgIpc) is 2.18. The summed E-state index contributed by atoms with van der Waals surface area (Å²) < 4.78 is 0. The van der Waals surface area contributed by atoms with E-state index in [0.717, 1.165) is 13.0 Å². The van der Waals surface area contributed by atoms with Crippen molar-refractivity contribution < 1.29 is 0 Å². The molecule has 1 rings (SSSR count). The van der Waals surface area contributed by atoms with Gasteiger partial charge in [-0.3, -0.25) is 0 Å². The standard InChI is InChI=1S/C12H21N3/c1-15(2)8-4-3-5-10-6-7-11(13)12(14)9-10/h6-7,9H,3-5,8,13-14H2,1-2H3. The number of nitrogens with two attached hydrogens (primary N) is 2. The minimum atomic E-state index is 0.673. The first-order valence-electron chi connectivity index (χ1n) is 5.38. The molecule has 0 aromatic heterocycles. The van der Waals surface area contributed by atoms with Crippen LogP contribution in [0.4, 0.5) is 11.4 Å². The van der Waals surface area contributed by atoms with Crippen molar-refractivity contribution in [1.82, 2.24) is 4.90 Å². The minimum absolute atomic E-state index is 0.673. The maximum Gasteiger partial charge on any atom is 0.0550 e. The van der Waals surface area contributed by atoms with Crippen molar-refractivity contribution in [2.75, 3.05) is 32.1 Å². The van der Waals surface area contributed by atoms with Crippen LogP contribution in [0, 0.1) is 0 Å². The monoisotopic (exact) mass is 207 g/mol. The van der Waals surface area contributed by atoms with Crippen LogP contribution in [0.2, 0.25) is 0 Å². The molecule has 1 aromatic rings. The number of unbranched alkanes of at least 4 members (excludes halogenated alkanes) is 1. The van der Waals surface area contributed by atoms with E-state index in [1.54, 1.807) is 0 Å². The fourth-order valence-electron chi connectivity index (χ4n) is 1.54. The second-order valence-corrected chi connectivity index (χ2v) is 4.22. The fraction of sp³-hybridized carbons (Fsp3) is 0.500. The van der Waals surface area contributed by atoms with Crippen molar-refractivity contribution in [3.8, 4) is 0 Å². The molecule has 0 aliphatic rings. The van der Waals surface area contributed by atoms with Crippen LogP contribution in [-0.2, 0) is 6.42 Å². The van der Waals surface area contributed by atoms with E-state index in [9.17, 15) is 0 Å². The summed E-state index contributed by atoms with van der Waals surface area (Å²) in [6.45, 7) is 1.14. The largest absolute Gasteiger partial charge is 0.397 e. The van der Waals surface area contributed by atoms with Gasteiger partial charge in [-0.1, -0.05) is 6.07 Å². The van der Waals surface area contributed by atoms with Crippen LogP contribution in [0.3, 0.4) is 0 Å². The first-order chi connectivity index (χ1) is 7.09. The number of nitrogen functional groups attached to an aromatic ring is 2. The van der Waals surface area contributed by atoms with Gasteiger partial charge in [0.1, 0.15) is 0 Å². The Hall–Kier alpha value is -1.22. The van der Waals surface area contributed by atoms with Gasteiger partial charge in [0.15, 0.2) is 0 Å². The van der Waals surface area contributed by atoms with E-state index in [2.05, 4.69) is 25.1 Å². The molecule has 0 radical (unpaired) electrons. The molecular formula is C12H21N3. The quantitative estimate of drug-likeness (QED) is 0.571. The molecule has 4 N–H and O–H groups in total. The summed E-state index contributed by atoms with van der Waals surface area (Å²) in [4.78, 5) is 2.21. The highest BCUT2D eigenvalue weighted by atomic mass is 15.0. The van der Waals surface area contributed by atoms with E-state index in [1.807, 2.05) is 12.1 Å². The molecule has 3 nitrogen and oxygen atoms in total. The van der Waals surface area contributed by atoms with Gasteiger partial charge in [-0.2, -0.15) is 0 Å². The average molecular weight is 207 g/mol. The Morgan fingerprint density at radius 1 is 1.07 bits per heavy atom. The summed E-state index contributed by atoms with van der Waals surface area (Å²) in [5.41, 5.74) is 14.0. The van der Waals surface area contributed by atoms with Crippen molar-refractivity contribution in [3.05, 3.63) is 23.8 Å². The Morgan fingerprint density at radius 2 is 1.80 bits per heavy atom. The zero-order chi connectivity index (χ0) is 11.3. The third kappa shape index (κ3) is 4.21. The zero-order valence-corrected chi connectivity index (χ0v) is 9.66. The summed E-state index contributed by atoms with van der Waals surface area (Å²) in [5, 5.41) is 0. The van der Waals surface area contributed by atoms with E-state index in [-0.39, 0.29) is 0 Å². The number of nitrogens with zero attached hydrogens (tertiary/aromatic N) is 1. The molecule has 0 spiro atoms. The molecule has 15 heavy (non-hydrogen) atoms. The zero-order valence-electron chi connectivity index (χ0n) is 9.66. The number of hydrogen-bond donors (Lipinski definition) is 2. The first-order valence-corrected chi connectivity index (χ1v) is 5.38. The van der Waals surface area contributed by atoms with Gasteiger partial charge in [0.2, 0.25) is 0 Å². The molecule has 84 valence electrons. The Labute approximate surface area is 92.1 Å². The van der Waals surface area contributed by atoms with Crippen LogP contribution in [0.15, 0.2) is 18.2 Å². The molecule has 0 aliphatic heterocycles. The molecule has 0 atom stereocenters. The van der Waals surface area contributed by atoms with Crippen molar-refractivity contribution >= 4 is 11.4 Å². The lowest BCUT2D eigenvalue weighted by Gasteiger charge is -2.09. The van der Waals surface area contributed by atoms with Gasteiger partial charge >= 0.3 is 0 Å². The molecule has 0 saturated heterocycles. The van der Waals surface area contributed by atoms with Crippen molar-refractivity contribution in [1.29, 1.82) is 0 Å². The number of benzene rings is 1.